The molecule has 0 aliphatic rings. The normalized spacial score (nSPS) is 10.4. The van der Waals surface area contributed by atoms with E-state index in [1.165, 1.54) is 6.07 Å². The third kappa shape index (κ3) is 3.01. The van der Waals surface area contributed by atoms with Gasteiger partial charge in [0.2, 0.25) is 5.82 Å². The molecule has 0 saturated heterocycles. The topological polar surface area (TPSA) is 119 Å². The molecule has 0 unspecified atom stereocenters. The average Bonchev–Trinajstić information content (AvgIpc) is 2.92. The van der Waals surface area contributed by atoms with Gasteiger partial charge in [-0.2, -0.15) is 5.21 Å². The zero-order valence-electron chi connectivity index (χ0n) is 10.2. The first-order valence-corrected chi connectivity index (χ1v) is 5.47. The first-order valence-electron chi connectivity index (χ1n) is 5.47. The van der Waals surface area contributed by atoms with Crippen molar-refractivity contribution in [1.82, 2.24) is 20.6 Å². The lowest BCUT2D eigenvalue weighted by Crippen LogP contribution is -2.09. The van der Waals surface area contributed by atoms with Crippen molar-refractivity contribution in [3.63, 3.8) is 0 Å². The fourth-order valence-electron chi connectivity index (χ4n) is 1.55. The van der Waals surface area contributed by atoms with Crippen LogP contribution in [0.5, 0.6) is 0 Å². The molecule has 1 aromatic heterocycles. The molecule has 0 amide bonds. The molecule has 0 atom stereocenters. The summed E-state index contributed by atoms with van der Waals surface area (Å²) in [4.78, 5) is 10.5. The van der Waals surface area contributed by atoms with Crippen LogP contribution >= 0.6 is 0 Å². The molecule has 9 heteroatoms. The Morgan fingerprint density at radius 3 is 3.00 bits per heavy atom. The number of methoxy groups -OCH3 is 1. The minimum absolute atomic E-state index is 0.0108. The van der Waals surface area contributed by atoms with Crippen LogP contribution in [0, 0.1) is 10.1 Å². The lowest BCUT2D eigenvalue weighted by atomic mass is 10.1. The van der Waals surface area contributed by atoms with E-state index in [-0.39, 0.29) is 5.69 Å². The summed E-state index contributed by atoms with van der Waals surface area (Å²) in [6, 6.07) is 4.59. The summed E-state index contributed by atoms with van der Waals surface area (Å²) in [7, 11) is 1.56. The molecule has 2 rings (SSSR count). The lowest BCUT2D eigenvalue weighted by molar-refractivity contribution is -0.383. The smallest absolute Gasteiger partial charge is 0.292 e. The maximum atomic E-state index is 10.9. The highest BCUT2D eigenvalue weighted by atomic mass is 16.6. The minimum atomic E-state index is -0.449. The van der Waals surface area contributed by atoms with Crippen LogP contribution in [-0.2, 0) is 4.74 Å². The summed E-state index contributed by atoms with van der Waals surface area (Å²) in [5, 5.41) is 27.3. The van der Waals surface area contributed by atoms with Gasteiger partial charge in [-0.25, -0.2) is 0 Å². The van der Waals surface area contributed by atoms with E-state index >= 15 is 0 Å². The van der Waals surface area contributed by atoms with E-state index < -0.39 is 4.92 Å². The fraction of sp³-hybridized carbons (Fsp3) is 0.300. The highest BCUT2D eigenvalue weighted by Crippen LogP contribution is 2.28. The number of rotatable bonds is 6. The number of H-pyrrole nitrogens is 1. The number of aromatic nitrogens is 4. The van der Waals surface area contributed by atoms with Crippen LogP contribution in [0.15, 0.2) is 18.2 Å². The average molecular weight is 264 g/mol. The van der Waals surface area contributed by atoms with Gasteiger partial charge in [-0.3, -0.25) is 10.1 Å². The molecule has 100 valence electrons. The van der Waals surface area contributed by atoms with Crippen LogP contribution in [0.2, 0.25) is 0 Å². The van der Waals surface area contributed by atoms with Gasteiger partial charge in [0.1, 0.15) is 5.69 Å². The van der Waals surface area contributed by atoms with Gasteiger partial charge in [0.25, 0.3) is 5.69 Å². The molecule has 0 radical (unpaired) electrons. The molecule has 1 aromatic carbocycles. The number of nitro groups is 1. The second-order valence-corrected chi connectivity index (χ2v) is 3.64. The first kappa shape index (κ1) is 12.9. The van der Waals surface area contributed by atoms with Crippen molar-refractivity contribution >= 4 is 11.4 Å². The zero-order chi connectivity index (χ0) is 13.7. The maximum absolute atomic E-state index is 10.9. The maximum Gasteiger partial charge on any atom is 0.292 e. The quantitative estimate of drug-likeness (QED) is 0.450. The van der Waals surface area contributed by atoms with Crippen molar-refractivity contribution < 1.29 is 9.66 Å². The van der Waals surface area contributed by atoms with Gasteiger partial charge in [-0.1, -0.05) is 0 Å². The highest BCUT2D eigenvalue weighted by molar-refractivity contribution is 5.70. The predicted octanol–water partition coefficient (Wildman–Crippen LogP) is 0.833. The van der Waals surface area contributed by atoms with Crippen LogP contribution in [-0.4, -0.2) is 45.8 Å². The van der Waals surface area contributed by atoms with Gasteiger partial charge < -0.3 is 10.1 Å². The van der Waals surface area contributed by atoms with Crippen LogP contribution in [0.25, 0.3) is 11.4 Å². The van der Waals surface area contributed by atoms with Gasteiger partial charge in [0, 0.05) is 25.3 Å². The molecular weight excluding hydrogens is 252 g/mol. The Bertz CT molecular complexity index is 556. The number of nitro benzene ring substituents is 1. The van der Waals surface area contributed by atoms with E-state index in [4.69, 9.17) is 4.74 Å². The van der Waals surface area contributed by atoms with E-state index in [1.54, 1.807) is 19.2 Å². The molecule has 0 aliphatic heterocycles. The Hall–Kier alpha value is -2.55. The molecule has 0 fully saturated rings. The Labute approximate surface area is 108 Å². The number of hydrogen-bond donors (Lipinski definition) is 2. The Morgan fingerprint density at radius 1 is 1.53 bits per heavy atom. The predicted molar refractivity (Wildman–Crippen MR) is 66.6 cm³/mol. The molecule has 0 spiro atoms. The van der Waals surface area contributed by atoms with Crippen molar-refractivity contribution in [2.75, 3.05) is 25.6 Å². The molecule has 2 N–H and O–H groups in total. The number of anilines is 1. The van der Waals surface area contributed by atoms with Crippen molar-refractivity contribution in [3.8, 4) is 11.4 Å². The van der Waals surface area contributed by atoms with Gasteiger partial charge in [-0.15, -0.1) is 10.2 Å². The van der Waals surface area contributed by atoms with Crippen LogP contribution in [0.4, 0.5) is 11.4 Å². The van der Waals surface area contributed by atoms with Crippen LogP contribution in [0.1, 0.15) is 0 Å². The van der Waals surface area contributed by atoms with E-state index in [0.29, 0.717) is 30.2 Å². The second-order valence-electron chi connectivity index (χ2n) is 3.64. The van der Waals surface area contributed by atoms with Gasteiger partial charge in [0.15, 0.2) is 0 Å². The van der Waals surface area contributed by atoms with Crippen molar-refractivity contribution in [2.24, 2.45) is 0 Å². The summed E-state index contributed by atoms with van der Waals surface area (Å²) >= 11 is 0. The number of benzene rings is 1. The molecular formula is C10H12N6O3. The van der Waals surface area contributed by atoms with E-state index in [0.717, 1.165) is 0 Å². The monoisotopic (exact) mass is 264 g/mol. The standard InChI is InChI=1S/C10H12N6O3/c1-19-5-4-11-8-6-7(10-12-14-15-13-10)2-3-9(8)16(17)18/h2-3,6,11H,4-5H2,1H3,(H,12,13,14,15). The van der Waals surface area contributed by atoms with Crippen molar-refractivity contribution in [1.29, 1.82) is 0 Å². The molecule has 2 aromatic rings. The SMILES string of the molecule is COCCNc1cc(-c2nn[nH]n2)ccc1[N+](=O)[O-]. The first-order chi connectivity index (χ1) is 9.22. The molecule has 0 bridgehead atoms. The number of nitrogens with zero attached hydrogens (tertiary/aromatic N) is 4. The zero-order valence-corrected chi connectivity index (χ0v) is 10.2. The van der Waals surface area contributed by atoms with Crippen molar-refractivity contribution in [2.45, 2.75) is 0 Å². The largest absolute Gasteiger partial charge is 0.383 e. The van der Waals surface area contributed by atoms with E-state index in [2.05, 4.69) is 25.9 Å². The Kier molecular flexibility index (Phi) is 3.98. The van der Waals surface area contributed by atoms with Crippen LogP contribution < -0.4 is 5.32 Å². The lowest BCUT2D eigenvalue weighted by Gasteiger charge is -2.07. The third-order valence-electron chi connectivity index (χ3n) is 2.42. The van der Waals surface area contributed by atoms with Crippen molar-refractivity contribution in [3.05, 3.63) is 28.3 Å². The summed E-state index contributed by atoms with van der Waals surface area (Å²) < 4.78 is 4.89. The molecule has 9 nitrogen and oxygen atoms in total. The summed E-state index contributed by atoms with van der Waals surface area (Å²) in [5.41, 5.74) is 1.02. The Balaban J connectivity index is 2.30. The molecule has 0 aliphatic carbocycles. The van der Waals surface area contributed by atoms with E-state index in [1.807, 2.05) is 0 Å². The molecule has 19 heavy (non-hydrogen) atoms. The summed E-state index contributed by atoms with van der Waals surface area (Å²) in [5.74, 6) is 0.379. The molecule has 1 heterocycles. The van der Waals surface area contributed by atoms with Crippen LogP contribution in [0.3, 0.4) is 0 Å². The highest BCUT2D eigenvalue weighted by Gasteiger charge is 2.15. The van der Waals surface area contributed by atoms with Gasteiger partial charge in [-0.05, 0) is 17.3 Å². The minimum Gasteiger partial charge on any atom is -0.383 e. The third-order valence-corrected chi connectivity index (χ3v) is 2.42. The number of ether oxygens (including phenoxy) is 1. The Morgan fingerprint density at radius 2 is 2.37 bits per heavy atom. The number of aromatic amines is 1. The number of tetrazole rings is 1. The van der Waals surface area contributed by atoms with Gasteiger partial charge in [0.05, 0.1) is 11.5 Å². The second kappa shape index (κ2) is 5.87. The van der Waals surface area contributed by atoms with Gasteiger partial charge >= 0.3 is 0 Å². The molecule has 0 saturated carbocycles. The fourth-order valence-corrected chi connectivity index (χ4v) is 1.55. The number of hydrogen-bond acceptors (Lipinski definition) is 7. The number of nitrogens with one attached hydrogen (secondary N) is 2. The summed E-state index contributed by atoms with van der Waals surface area (Å²) in [6.45, 7) is 0.913. The summed E-state index contributed by atoms with van der Waals surface area (Å²) in [6.07, 6.45) is 0. The van der Waals surface area contributed by atoms with E-state index in [9.17, 15) is 10.1 Å².